The molecule has 0 aliphatic heterocycles. The van der Waals surface area contributed by atoms with Crippen LogP contribution in [0.1, 0.15) is 25.8 Å². The Morgan fingerprint density at radius 1 is 1.29 bits per heavy atom. The number of benzene rings is 1. The zero-order chi connectivity index (χ0) is 15.9. The topological polar surface area (TPSA) is 52.6 Å². The lowest BCUT2D eigenvalue weighted by Gasteiger charge is -2.23. The molecule has 2 N–H and O–H groups in total. The molecule has 0 unspecified atom stereocenters. The van der Waals surface area contributed by atoms with Crippen LogP contribution in [0.15, 0.2) is 30.3 Å². The van der Waals surface area contributed by atoms with E-state index in [1.807, 2.05) is 57.1 Å². The fourth-order valence-corrected chi connectivity index (χ4v) is 1.83. The Morgan fingerprint density at radius 3 is 2.43 bits per heavy atom. The summed E-state index contributed by atoms with van der Waals surface area (Å²) in [5.74, 6) is -0.113. The molecule has 4 nitrogen and oxygen atoms in total. The summed E-state index contributed by atoms with van der Waals surface area (Å²) in [5, 5.41) is 11.8. The molecular formula is C17H26N2O2. The highest BCUT2D eigenvalue weighted by atomic mass is 16.3. The maximum atomic E-state index is 11.8. The standard InChI is InChI=1S/C17H26N2O2/c1-17(2,11-12-20)13-18-16(21)10-7-14-5-8-15(9-6-14)19(3)4/h5-10,20H,11-13H2,1-4H3,(H,18,21)/b10-7+. The second kappa shape index (κ2) is 7.84. The molecule has 21 heavy (non-hydrogen) atoms. The van der Waals surface area contributed by atoms with Crippen molar-refractivity contribution in [2.75, 3.05) is 32.1 Å². The molecule has 0 saturated heterocycles. The third-order valence-corrected chi connectivity index (χ3v) is 3.37. The molecule has 1 aromatic rings. The summed E-state index contributed by atoms with van der Waals surface area (Å²) in [6, 6.07) is 7.99. The van der Waals surface area contributed by atoms with Gasteiger partial charge < -0.3 is 15.3 Å². The number of carbonyl (C=O) groups is 1. The van der Waals surface area contributed by atoms with E-state index < -0.39 is 0 Å². The molecule has 0 aliphatic carbocycles. The van der Waals surface area contributed by atoms with Crippen LogP contribution < -0.4 is 10.2 Å². The number of carbonyl (C=O) groups excluding carboxylic acids is 1. The van der Waals surface area contributed by atoms with Crippen molar-refractivity contribution in [3.8, 4) is 0 Å². The largest absolute Gasteiger partial charge is 0.396 e. The van der Waals surface area contributed by atoms with Crippen molar-refractivity contribution in [3.63, 3.8) is 0 Å². The molecule has 116 valence electrons. The quantitative estimate of drug-likeness (QED) is 0.758. The van der Waals surface area contributed by atoms with Crippen LogP contribution in [0.4, 0.5) is 5.69 Å². The molecular weight excluding hydrogens is 264 g/mol. The number of nitrogens with zero attached hydrogens (tertiary/aromatic N) is 1. The van der Waals surface area contributed by atoms with Gasteiger partial charge in [0.2, 0.25) is 5.91 Å². The van der Waals surface area contributed by atoms with Gasteiger partial charge in [0.1, 0.15) is 0 Å². The molecule has 0 aromatic heterocycles. The second-order valence-electron chi connectivity index (χ2n) is 6.17. The van der Waals surface area contributed by atoms with Crippen LogP contribution >= 0.6 is 0 Å². The van der Waals surface area contributed by atoms with Gasteiger partial charge >= 0.3 is 0 Å². The van der Waals surface area contributed by atoms with Gasteiger partial charge in [0, 0.05) is 39.0 Å². The van der Waals surface area contributed by atoms with Crippen molar-refractivity contribution in [2.45, 2.75) is 20.3 Å². The summed E-state index contributed by atoms with van der Waals surface area (Å²) in [7, 11) is 3.98. The van der Waals surface area contributed by atoms with Gasteiger partial charge in [-0.15, -0.1) is 0 Å². The van der Waals surface area contributed by atoms with E-state index in [0.717, 1.165) is 11.3 Å². The summed E-state index contributed by atoms with van der Waals surface area (Å²) in [5.41, 5.74) is 2.03. The second-order valence-corrected chi connectivity index (χ2v) is 6.17. The molecule has 4 heteroatoms. The van der Waals surface area contributed by atoms with Crippen molar-refractivity contribution in [3.05, 3.63) is 35.9 Å². The molecule has 0 fully saturated rings. The van der Waals surface area contributed by atoms with Gasteiger partial charge in [-0.25, -0.2) is 0 Å². The van der Waals surface area contributed by atoms with Gasteiger partial charge in [-0.05, 0) is 35.6 Å². The van der Waals surface area contributed by atoms with Crippen LogP contribution in [0.5, 0.6) is 0 Å². The minimum absolute atomic E-state index is 0.0917. The van der Waals surface area contributed by atoms with E-state index in [0.29, 0.717) is 13.0 Å². The highest BCUT2D eigenvalue weighted by Gasteiger charge is 2.17. The number of rotatable bonds is 7. The van der Waals surface area contributed by atoms with Crippen LogP contribution in [-0.4, -0.2) is 38.3 Å². The van der Waals surface area contributed by atoms with E-state index in [2.05, 4.69) is 5.32 Å². The lowest BCUT2D eigenvalue weighted by molar-refractivity contribution is -0.116. The summed E-state index contributed by atoms with van der Waals surface area (Å²) < 4.78 is 0. The molecule has 1 amide bonds. The fraction of sp³-hybridized carbons (Fsp3) is 0.471. The van der Waals surface area contributed by atoms with Gasteiger partial charge in [-0.3, -0.25) is 4.79 Å². The minimum atomic E-state index is -0.113. The van der Waals surface area contributed by atoms with Crippen LogP contribution in [0, 0.1) is 5.41 Å². The zero-order valence-corrected chi connectivity index (χ0v) is 13.4. The number of nitrogens with one attached hydrogen (secondary N) is 1. The lowest BCUT2D eigenvalue weighted by atomic mass is 9.90. The van der Waals surface area contributed by atoms with Crippen molar-refractivity contribution < 1.29 is 9.90 Å². The number of hydrogen-bond acceptors (Lipinski definition) is 3. The van der Waals surface area contributed by atoms with E-state index in [4.69, 9.17) is 5.11 Å². The first-order valence-corrected chi connectivity index (χ1v) is 7.18. The first-order chi connectivity index (χ1) is 9.84. The summed E-state index contributed by atoms with van der Waals surface area (Å²) in [6.45, 7) is 4.73. The molecule has 0 radical (unpaired) electrons. The average Bonchev–Trinajstić information content (AvgIpc) is 2.43. The van der Waals surface area contributed by atoms with E-state index in [1.54, 1.807) is 12.2 Å². The Balaban J connectivity index is 2.50. The van der Waals surface area contributed by atoms with Crippen LogP contribution in [-0.2, 0) is 4.79 Å². The zero-order valence-electron chi connectivity index (χ0n) is 13.4. The highest BCUT2D eigenvalue weighted by Crippen LogP contribution is 2.18. The van der Waals surface area contributed by atoms with E-state index >= 15 is 0 Å². The average molecular weight is 290 g/mol. The van der Waals surface area contributed by atoms with Crippen LogP contribution in [0.3, 0.4) is 0 Å². The number of anilines is 1. The minimum Gasteiger partial charge on any atom is -0.396 e. The lowest BCUT2D eigenvalue weighted by Crippen LogP contribution is -2.33. The molecule has 0 bridgehead atoms. The smallest absolute Gasteiger partial charge is 0.244 e. The number of aliphatic hydroxyl groups excluding tert-OH is 1. The highest BCUT2D eigenvalue weighted by molar-refractivity contribution is 5.91. The predicted octanol–water partition coefficient (Wildman–Crippen LogP) is 2.29. The molecule has 0 spiro atoms. The number of amides is 1. The van der Waals surface area contributed by atoms with Crippen molar-refractivity contribution in [2.24, 2.45) is 5.41 Å². The molecule has 0 saturated carbocycles. The maximum Gasteiger partial charge on any atom is 0.244 e. The van der Waals surface area contributed by atoms with Gasteiger partial charge in [-0.2, -0.15) is 0 Å². The van der Waals surface area contributed by atoms with Crippen LogP contribution in [0.2, 0.25) is 0 Å². The monoisotopic (exact) mass is 290 g/mol. The predicted molar refractivity (Wildman–Crippen MR) is 88.3 cm³/mol. The van der Waals surface area contributed by atoms with Crippen molar-refractivity contribution in [1.29, 1.82) is 0 Å². The normalized spacial score (nSPS) is 11.7. The molecule has 0 heterocycles. The first-order valence-electron chi connectivity index (χ1n) is 7.18. The van der Waals surface area contributed by atoms with Crippen molar-refractivity contribution >= 4 is 17.7 Å². The molecule has 1 rings (SSSR count). The Hall–Kier alpha value is -1.81. The third kappa shape index (κ3) is 6.45. The van der Waals surface area contributed by atoms with Crippen molar-refractivity contribution in [1.82, 2.24) is 5.32 Å². The summed E-state index contributed by atoms with van der Waals surface area (Å²) in [4.78, 5) is 13.8. The summed E-state index contributed by atoms with van der Waals surface area (Å²) >= 11 is 0. The third-order valence-electron chi connectivity index (χ3n) is 3.37. The van der Waals surface area contributed by atoms with E-state index in [-0.39, 0.29) is 17.9 Å². The van der Waals surface area contributed by atoms with Crippen LogP contribution in [0.25, 0.3) is 6.08 Å². The molecule has 0 aliphatic rings. The number of hydrogen-bond donors (Lipinski definition) is 2. The van der Waals surface area contributed by atoms with Gasteiger partial charge in [-0.1, -0.05) is 26.0 Å². The Morgan fingerprint density at radius 2 is 1.90 bits per heavy atom. The van der Waals surface area contributed by atoms with Gasteiger partial charge in [0.05, 0.1) is 0 Å². The Bertz CT molecular complexity index is 476. The Labute approximate surface area is 127 Å². The summed E-state index contributed by atoms with van der Waals surface area (Å²) in [6.07, 6.45) is 4.01. The first kappa shape index (κ1) is 17.2. The van der Waals surface area contributed by atoms with E-state index in [9.17, 15) is 4.79 Å². The fourth-order valence-electron chi connectivity index (χ4n) is 1.83. The molecule has 1 aromatic carbocycles. The van der Waals surface area contributed by atoms with Gasteiger partial charge in [0.25, 0.3) is 0 Å². The number of aliphatic hydroxyl groups is 1. The van der Waals surface area contributed by atoms with E-state index in [1.165, 1.54) is 0 Å². The molecule has 0 atom stereocenters. The Kier molecular flexibility index (Phi) is 6.43. The maximum absolute atomic E-state index is 11.8. The SMILES string of the molecule is CN(C)c1ccc(/C=C/C(=O)NCC(C)(C)CCO)cc1. The van der Waals surface area contributed by atoms with Gasteiger partial charge in [0.15, 0.2) is 0 Å².